The molecule has 0 spiro atoms. The summed E-state index contributed by atoms with van der Waals surface area (Å²) in [4.78, 5) is 4.62. The SMILES string of the molecule is CCNC(Cc1ccc(Cl)cc1)c1cccc(C)n1. The predicted molar refractivity (Wildman–Crippen MR) is 80.5 cm³/mol. The molecular weight excluding hydrogens is 256 g/mol. The Labute approximate surface area is 119 Å². The van der Waals surface area contributed by atoms with Gasteiger partial charge < -0.3 is 5.32 Å². The van der Waals surface area contributed by atoms with Crippen LogP contribution in [-0.4, -0.2) is 11.5 Å². The number of rotatable bonds is 5. The second kappa shape index (κ2) is 6.69. The van der Waals surface area contributed by atoms with Crippen molar-refractivity contribution in [1.82, 2.24) is 10.3 Å². The van der Waals surface area contributed by atoms with E-state index in [-0.39, 0.29) is 6.04 Å². The zero-order valence-electron chi connectivity index (χ0n) is 11.4. The highest BCUT2D eigenvalue weighted by Gasteiger charge is 2.12. The summed E-state index contributed by atoms with van der Waals surface area (Å²) in [7, 11) is 0. The third-order valence-corrected chi connectivity index (χ3v) is 3.32. The first kappa shape index (κ1) is 14.0. The van der Waals surface area contributed by atoms with Crippen LogP contribution in [0.3, 0.4) is 0 Å². The minimum atomic E-state index is 0.242. The Morgan fingerprint density at radius 3 is 2.53 bits per heavy atom. The lowest BCUT2D eigenvalue weighted by molar-refractivity contribution is 0.535. The maximum atomic E-state index is 5.92. The summed E-state index contributed by atoms with van der Waals surface area (Å²) in [5, 5.41) is 4.27. The molecule has 1 aromatic heterocycles. The first-order valence-corrected chi connectivity index (χ1v) is 6.98. The number of aromatic nitrogens is 1. The number of benzene rings is 1. The first-order chi connectivity index (χ1) is 9.19. The summed E-state index contributed by atoms with van der Waals surface area (Å²) in [6, 6.07) is 14.4. The Balaban J connectivity index is 2.18. The number of nitrogens with one attached hydrogen (secondary N) is 1. The Hall–Kier alpha value is -1.38. The molecule has 3 heteroatoms. The average molecular weight is 275 g/mol. The van der Waals surface area contributed by atoms with E-state index in [1.54, 1.807) is 0 Å². The fourth-order valence-electron chi connectivity index (χ4n) is 2.14. The number of hydrogen-bond acceptors (Lipinski definition) is 2. The van der Waals surface area contributed by atoms with E-state index in [4.69, 9.17) is 11.6 Å². The predicted octanol–water partition coefficient (Wildman–Crippen LogP) is 3.94. The van der Waals surface area contributed by atoms with Gasteiger partial charge in [0, 0.05) is 10.7 Å². The van der Waals surface area contributed by atoms with Gasteiger partial charge in [-0.1, -0.05) is 36.7 Å². The summed E-state index contributed by atoms with van der Waals surface area (Å²) < 4.78 is 0. The molecule has 0 aliphatic carbocycles. The van der Waals surface area contributed by atoms with Gasteiger partial charge in [-0.05, 0) is 49.7 Å². The molecule has 0 radical (unpaired) electrons. The summed E-state index contributed by atoms with van der Waals surface area (Å²) in [5.41, 5.74) is 3.41. The van der Waals surface area contributed by atoms with Crippen LogP contribution >= 0.6 is 11.6 Å². The lowest BCUT2D eigenvalue weighted by Crippen LogP contribution is -2.24. The number of likely N-dealkylation sites (N-methyl/N-ethyl adjacent to an activating group) is 1. The highest BCUT2D eigenvalue weighted by atomic mass is 35.5. The molecule has 0 saturated carbocycles. The molecule has 2 rings (SSSR count). The van der Waals surface area contributed by atoms with Crippen LogP contribution in [0.2, 0.25) is 5.02 Å². The van der Waals surface area contributed by atoms with Crippen molar-refractivity contribution >= 4 is 11.6 Å². The van der Waals surface area contributed by atoms with Gasteiger partial charge in [-0.25, -0.2) is 0 Å². The number of aryl methyl sites for hydroxylation is 1. The maximum absolute atomic E-state index is 5.92. The van der Waals surface area contributed by atoms with Crippen molar-refractivity contribution < 1.29 is 0 Å². The van der Waals surface area contributed by atoms with Gasteiger partial charge in [0.2, 0.25) is 0 Å². The summed E-state index contributed by atoms with van der Waals surface area (Å²) >= 11 is 5.92. The van der Waals surface area contributed by atoms with Gasteiger partial charge in [-0.3, -0.25) is 4.98 Å². The van der Waals surface area contributed by atoms with Crippen LogP contribution in [0.4, 0.5) is 0 Å². The number of halogens is 1. The largest absolute Gasteiger partial charge is 0.309 e. The third kappa shape index (κ3) is 4.05. The van der Waals surface area contributed by atoms with Crippen molar-refractivity contribution in [3.63, 3.8) is 0 Å². The molecular formula is C16H19ClN2. The lowest BCUT2D eigenvalue weighted by atomic mass is 10.0. The van der Waals surface area contributed by atoms with Gasteiger partial charge >= 0.3 is 0 Å². The maximum Gasteiger partial charge on any atom is 0.0579 e. The molecule has 1 N–H and O–H groups in total. The normalized spacial score (nSPS) is 12.4. The van der Waals surface area contributed by atoms with Crippen molar-refractivity contribution in [2.24, 2.45) is 0 Å². The molecule has 1 heterocycles. The van der Waals surface area contributed by atoms with E-state index in [9.17, 15) is 0 Å². The van der Waals surface area contributed by atoms with E-state index >= 15 is 0 Å². The highest BCUT2D eigenvalue weighted by Crippen LogP contribution is 2.18. The van der Waals surface area contributed by atoms with Gasteiger partial charge in [0.1, 0.15) is 0 Å². The standard InChI is InChI=1S/C16H19ClN2/c1-3-18-16(15-6-4-5-12(2)19-15)11-13-7-9-14(17)10-8-13/h4-10,16,18H,3,11H2,1-2H3. The van der Waals surface area contributed by atoms with Crippen molar-refractivity contribution in [2.75, 3.05) is 6.54 Å². The van der Waals surface area contributed by atoms with Crippen LogP contribution in [0.1, 0.15) is 29.9 Å². The lowest BCUT2D eigenvalue weighted by Gasteiger charge is -2.18. The van der Waals surface area contributed by atoms with Crippen molar-refractivity contribution in [2.45, 2.75) is 26.3 Å². The second-order valence-corrected chi connectivity index (χ2v) is 5.08. The van der Waals surface area contributed by atoms with Crippen molar-refractivity contribution in [3.8, 4) is 0 Å². The smallest absolute Gasteiger partial charge is 0.0579 e. The Kier molecular flexibility index (Phi) is 4.94. The number of pyridine rings is 1. The van der Waals surface area contributed by atoms with Crippen LogP contribution in [0.25, 0.3) is 0 Å². The number of nitrogens with zero attached hydrogens (tertiary/aromatic N) is 1. The first-order valence-electron chi connectivity index (χ1n) is 6.60. The Morgan fingerprint density at radius 2 is 1.89 bits per heavy atom. The van der Waals surface area contributed by atoms with Crippen molar-refractivity contribution in [1.29, 1.82) is 0 Å². The van der Waals surface area contributed by atoms with Gasteiger partial charge in [0.15, 0.2) is 0 Å². The van der Waals surface area contributed by atoms with Crippen LogP contribution in [0, 0.1) is 6.92 Å². The highest BCUT2D eigenvalue weighted by molar-refractivity contribution is 6.30. The molecule has 0 fully saturated rings. The average Bonchev–Trinajstić information content (AvgIpc) is 2.41. The summed E-state index contributed by atoms with van der Waals surface area (Å²) in [6.45, 7) is 5.06. The molecule has 19 heavy (non-hydrogen) atoms. The van der Waals surface area contributed by atoms with Crippen LogP contribution in [0.5, 0.6) is 0 Å². The monoisotopic (exact) mass is 274 g/mol. The molecule has 0 bridgehead atoms. The molecule has 0 amide bonds. The van der Waals surface area contributed by atoms with E-state index in [1.807, 2.05) is 25.1 Å². The third-order valence-electron chi connectivity index (χ3n) is 3.07. The Bertz CT molecular complexity index is 523. The van der Waals surface area contributed by atoms with Gasteiger partial charge in [-0.15, -0.1) is 0 Å². The molecule has 0 aliphatic heterocycles. The number of hydrogen-bond donors (Lipinski definition) is 1. The molecule has 0 saturated heterocycles. The minimum absolute atomic E-state index is 0.242. The Morgan fingerprint density at radius 1 is 1.16 bits per heavy atom. The summed E-state index contributed by atoms with van der Waals surface area (Å²) in [5.74, 6) is 0. The minimum Gasteiger partial charge on any atom is -0.309 e. The molecule has 100 valence electrons. The van der Waals surface area contributed by atoms with Crippen LogP contribution in [-0.2, 0) is 6.42 Å². The zero-order chi connectivity index (χ0) is 13.7. The quantitative estimate of drug-likeness (QED) is 0.893. The van der Waals surface area contributed by atoms with Crippen LogP contribution in [0.15, 0.2) is 42.5 Å². The molecule has 1 atom stereocenters. The van der Waals surface area contributed by atoms with E-state index in [2.05, 4.69) is 41.5 Å². The molecule has 1 unspecified atom stereocenters. The molecule has 2 nitrogen and oxygen atoms in total. The van der Waals surface area contributed by atoms with E-state index in [0.717, 1.165) is 29.4 Å². The zero-order valence-corrected chi connectivity index (χ0v) is 12.1. The molecule has 2 aromatic rings. The summed E-state index contributed by atoms with van der Waals surface area (Å²) in [6.07, 6.45) is 0.918. The van der Waals surface area contributed by atoms with Crippen LogP contribution < -0.4 is 5.32 Å². The topological polar surface area (TPSA) is 24.9 Å². The molecule has 1 aromatic carbocycles. The second-order valence-electron chi connectivity index (χ2n) is 4.64. The van der Waals surface area contributed by atoms with E-state index < -0.39 is 0 Å². The van der Waals surface area contributed by atoms with E-state index in [1.165, 1.54) is 5.56 Å². The van der Waals surface area contributed by atoms with Crippen molar-refractivity contribution in [3.05, 3.63) is 64.4 Å². The van der Waals surface area contributed by atoms with E-state index in [0.29, 0.717) is 0 Å². The fourth-order valence-corrected chi connectivity index (χ4v) is 2.27. The van der Waals surface area contributed by atoms with Gasteiger partial charge in [0.05, 0.1) is 11.7 Å². The molecule has 0 aliphatic rings. The fraction of sp³-hybridized carbons (Fsp3) is 0.312. The van der Waals surface area contributed by atoms with Gasteiger partial charge in [-0.2, -0.15) is 0 Å². The van der Waals surface area contributed by atoms with Gasteiger partial charge in [0.25, 0.3) is 0 Å².